The number of aromatic nitrogens is 1. The molecule has 1 aliphatic rings. The van der Waals surface area contributed by atoms with Crippen molar-refractivity contribution in [2.75, 3.05) is 38.7 Å². The quantitative estimate of drug-likeness (QED) is 0.366. The van der Waals surface area contributed by atoms with Crippen LogP contribution < -0.4 is 10.1 Å². The summed E-state index contributed by atoms with van der Waals surface area (Å²) in [6.07, 6.45) is 5.30. The van der Waals surface area contributed by atoms with E-state index < -0.39 is 6.04 Å². The monoisotopic (exact) mass is 630 g/mol. The lowest BCUT2D eigenvalue weighted by Crippen LogP contribution is -2.48. The molecular weight excluding hydrogens is 584 g/mol. The minimum absolute atomic E-state index is 0.0145. The third kappa shape index (κ3) is 9.61. The van der Waals surface area contributed by atoms with Crippen LogP contribution in [0.1, 0.15) is 66.3 Å². The Hall–Kier alpha value is -4.28. The summed E-state index contributed by atoms with van der Waals surface area (Å²) >= 11 is 0. The normalized spacial score (nSPS) is 20.1. The number of likely N-dealkylation sites (N-methyl/N-ethyl adjacent to an activating group) is 1. The number of aliphatic hydroxyl groups excluding tert-OH is 1. The number of carbonyl (C=O) groups is 3. The molecule has 1 aliphatic heterocycles. The Bertz CT molecular complexity index is 1440. The average Bonchev–Trinajstić information content (AvgIpc) is 3.06. The van der Waals surface area contributed by atoms with Gasteiger partial charge in [-0.15, -0.1) is 0 Å². The Kier molecular flexibility index (Phi) is 12.7. The van der Waals surface area contributed by atoms with E-state index >= 15 is 0 Å². The van der Waals surface area contributed by atoms with Crippen LogP contribution in [0.2, 0.25) is 0 Å². The maximum absolute atomic E-state index is 14.3. The molecule has 10 heteroatoms. The lowest BCUT2D eigenvalue weighted by molar-refractivity contribution is -0.131. The molecule has 46 heavy (non-hydrogen) atoms. The summed E-state index contributed by atoms with van der Waals surface area (Å²) in [6.45, 7) is 6.66. The van der Waals surface area contributed by atoms with E-state index in [1.165, 1.54) is 0 Å². The number of rotatable bonds is 8. The van der Waals surface area contributed by atoms with Crippen LogP contribution in [-0.4, -0.2) is 89.2 Å². The third-order valence-corrected chi connectivity index (χ3v) is 8.33. The van der Waals surface area contributed by atoms with Gasteiger partial charge in [-0.25, -0.2) is 0 Å². The Morgan fingerprint density at radius 1 is 1.09 bits per heavy atom. The summed E-state index contributed by atoms with van der Waals surface area (Å²) in [5.41, 5.74) is 2.11. The van der Waals surface area contributed by atoms with Crippen LogP contribution in [0.5, 0.6) is 5.75 Å². The Morgan fingerprint density at radius 3 is 2.54 bits per heavy atom. The number of anilines is 1. The first-order valence-corrected chi connectivity index (χ1v) is 16.0. The van der Waals surface area contributed by atoms with E-state index in [0.29, 0.717) is 36.6 Å². The topological polar surface area (TPSA) is 121 Å². The summed E-state index contributed by atoms with van der Waals surface area (Å²) in [7, 11) is 1.78. The van der Waals surface area contributed by atoms with Crippen LogP contribution in [0.4, 0.5) is 5.69 Å². The van der Waals surface area contributed by atoms with Gasteiger partial charge in [-0.3, -0.25) is 19.4 Å². The molecule has 0 saturated heterocycles. The second-order valence-electron chi connectivity index (χ2n) is 12.1. The van der Waals surface area contributed by atoms with Gasteiger partial charge < -0.3 is 29.7 Å². The number of aliphatic hydroxyl groups is 1. The van der Waals surface area contributed by atoms with Crippen molar-refractivity contribution in [2.45, 2.75) is 64.7 Å². The molecule has 0 spiro atoms. The molecule has 4 atom stereocenters. The van der Waals surface area contributed by atoms with Gasteiger partial charge in [0.2, 0.25) is 5.91 Å². The minimum Gasteiger partial charge on any atom is -0.490 e. The van der Waals surface area contributed by atoms with Gasteiger partial charge in [0, 0.05) is 56.3 Å². The van der Waals surface area contributed by atoms with Crippen molar-refractivity contribution in [1.82, 2.24) is 14.8 Å². The molecular formula is C36H46N4O6. The van der Waals surface area contributed by atoms with Crippen LogP contribution in [0.15, 0.2) is 73.1 Å². The van der Waals surface area contributed by atoms with Gasteiger partial charge in [-0.05, 0) is 69.0 Å². The molecule has 2 aromatic carbocycles. The van der Waals surface area contributed by atoms with Crippen LogP contribution in [0.3, 0.4) is 0 Å². The average molecular weight is 631 g/mol. The molecule has 2 heterocycles. The van der Waals surface area contributed by atoms with E-state index in [2.05, 4.69) is 10.3 Å². The van der Waals surface area contributed by atoms with Crippen LogP contribution in [0.25, 0.3) is 0 Å². The number of ether oxygens (including phenoxy) is 2. The minimum atomic E-state index is -0.513. The van der Waals surface area contributed by atoms with Crippen molar-refractivity contribution in [3.05, 3.63) is 89.7 Å². The molecule has 0 saturated carbocycles. The van der Waals surface area contributed by atoms with Crippen molar-refractivity contribution in [3.8, 4) is 5.75 Å². The molecule has 0 unspecified atom stereocenters. The Balaban J connectivity index is 1.60. The van der Waals surface area contributed by atoms with E-state index in [1.54, 1.807) is 66.5 Å². The molecule has 1 aromatic heterocycles. The SMILES string of the molecule is C[C@H]1CCCCO[C@@H](CN(C)C(=O)Cc2ccccc2)[C@@H](C)CN([C@@H](C)CO)C(=O)c2cc(NC(=O)c3ccncc3)ccc2O1. The number of nitrogens with one attached hydrogen (secondary N) is 1. The molecule has 0 aliphatic carbocycles. The largest absolute Gasteiger partial charge is 0.490 e. The van der Waals surface area contributed by atoms with Gasteiger partial charge >= 0.3 is 0 Å². The smallest absolute Gasteiger partial charge is 0.258 e. The lowest BCUT2D eigenvalue weighted by Gasteiger charge is -2.36. The molecule has 0 fully saturated rings. The summed E-state index contributed by atoms with van der Waals surface area (Å²) < 4.78 is 12.7. The number of hydrogen-bond acceptors (Lipinski definition) is 7. The van der Waals surface area contributed by atoms with Gasteiger partial charge in [-0.1, -0.05) is 37.3 Å². The van der Waals surface area contributed by atoms with Crippen molar-refractivity contribution in [2.24, 2.45) is 5.92 Å². The standard InChI is InChI=1S/C36H46N4O6/c1-25-22-40(26(2)24-41)36(44)31-21-30(38-35(43)29-15-17-37-18-16-29)13-14-32(31)46-27(3)10-8-9-19-45-33(25)23-39(4)34(42)20-28-11-6-5-7-12-28/h5-7,11-18,21,25-27,33,41H,8-10,19-20,22-24H2,1-4H3,(H,38,43)/t25-,26-,27-,33-/m0/s1. The number of fused-ring (bicyclic) bond motifs is 1. The molecule has 4 rings (SSSR count). The zero-order valence-electron chi connectivity index (χ0n) is 27.2. The number of carbonyl (C=O) groups excluding carboxylic acids is 3. The zero-order chi connectivity index (χ0) is 33.1. The van der Waals surface area contributed by atoms with E-state index in [9.17, 15) is 19.5 Å². The summed E-state index contributed by atoms with van der Waals surface area (Å²) in [4.78, 5) is 47.6. The predicted octanol–water partition coefficient (Wildman–Crippen LogP) is 4.83. The summed E-state index contributed by atoms with van der Waals surface area (Å²) in [6, 6.07) is 17.4. The van der Waals surface area contributed by atoms with Crippen molar-refractivity contribution in [1.29, 1.82) is 0 Å². The second kappa shape index (κ2) is 16.9. The highest BCUT2D eigenvalue weighted by Gasteiger charge is 2.31. The number of nitrogens with zero attached hydrogens (tertiary/aromatic N) is 3. The van der Waals surface area contributed by atoms with Gasteiger partial charge in [-0.2, -0.15) is 0 Å². The molecule has 3 amide bonds. The van der Waals surface area contributed by atoms with E-state index in [-0.39, 0.29) is 54.6 Å². The van der Waals surface area contributed by atoms with Crippen LogP contribution >= 0.6 is 0 Å². The fourth-order valence-corrected chi connectivity index (χ4v) is 5.45. The summed E-state index contributed by atoms with van der Waals surface area (Å²) in [5.74, 6) is -0.437. The van der Waals surface area contributed by atoms with Gasteiger partial charge in [0.15, 0.2) is 0 Å². The summed E-state index contributed by atoms with van der Waals surface area (Å²) in [5, 5.41) is 13.1. The molecule has 0 radical (unpaired) electrons. The first-order chi connectivity index (χ1) is 22.2. The molecule has 2 N–H and O–H groups in total. The van der Waals surface area contributed by atoms with E-state index in [0.717, 1.165) is 24.8 Å². The first kappa shape index (κ1) is 34.6. The fraction of sp³-hybridized carbons (Fsp3) is 0.444. The van der Waals surface area contributed by atoms with Crippen molar-refractivity contribution < 1.29 is 29.0 Å². The second-order valence-corrected chi connectivity index (χ2v) is 12.1. The Labute approximate surface area is 271 Å². The van der Waals surface area contributed by atoms with E-state index in [4.69, 9.17) is 9.47 Å². The third-order valence-electron chi connectivity index (χ3n) is 8.33. The van der Waals surface area contributed by atoms with Crippen molar-refractivity contribution in [3.63, 3.8) is 0 Å². The van der Waals surface area contributed by atoms with Gasteiger partial charge in [0.05, 0.1) is 36.8 Å². The zero-order valence-corrected chi connectivity index (χ0v) is 27.2. The molecule has 3 aromatic rings. The van der Waals surface area contributed by atoms with Crippen molar-refractivity contribution >= 4 is 23.4 Å². The highest BCUT2D eigenvalue weighted by molar-refractivity contribution is 6.05. The van der Waals surface area contributed by atoms with Gasteiger partial charge in [0.25, 0.3) is 11.8 Å². The molecule has 246 valence electrons. The van der Waals surface area contributed by atoms with Gasteiger partial charge in [0.1, 0.15) is 5.75 Å². The fourth-order valence-electron chi connectivity index (χ4n) is 5.45. The highest BCUT2D eigenvalue weighted by atomic mass is 16.5. The van der Waals surface area contributed by atoms with Crippen LogP contribution in [-0.2, 0) is 16.0 Å². The Morgan fingerprint density at radius 2 is 1.83 bits per heavy atom. The van der Waals surface area contributed by atoms with Crippen LogP contribution in [0, 0.1) is 5.92 Å². The predicted molar refractivity (Wildman–Crippen MR) is 177 cm³/mol. The van der Waals surface area contributed by atoms with E-state index in [1.807, 2.05) is 44.2 Å². The maximum Gasteiger partial charge on any atom is 0.258 e. The number of amides is 3. The molecule has 0 bridgehead atoms. The highest BCUT2D eigenvalue weighted by Crippen LogP contribution is 2.29. The number of hydrogen-bond donors (Lipinski definition) is 2. The maximum atomic E-state index is 14.3. The number of pyridine rings is 1. The first-order valence-electron chi connectivity index (χ1n) is 16.0. The molecule has 10 nitrogen and oxygen atoms in total. The number of benzene rings is 2. The lowest BCUT2D eigenvalue weighted by atomic mass is 10.0.